The average Bonchev–Trinajstić information content (AvgIpc) is 2.45. The van der Waals surface area contributed by atoms with Crippen molar-refractivity contribution in [2.45, 2.75) is 26.3 Å². The first-order valence-corrected chi connectivity index (χ1v) is 7.39. The van der Waals surface area contributed by atoms with Gasteiger partial charge in [0.1, 0.15) is 12.4 Å². The molecule has 1 aliphatic rings. The van der Waals surface area contributed by atoms with Crippen LogP contribution in [0.15, 0.2) is 23.8 Å². The summed E-state index contributed by atoms with van der Waals surface area (Å²) >= 11 is 5.97. The Morgan fingerprint density at radius 2 is 2.24 bits per heavy atom. The molecule has 21 heavy (non-hydrogen) atoms. The van der Waals surface area contributed by atoms with Crippen molar-refractivity contribution in [2.24, 2.45) is 11.7 Å². The van der Waals surface area contributed by atoms with Crippen molar-refractivity contribution in [1.29, 1.82) is 0 Å². The van der Waals surface area contributed by atoms with E-state index >= 15 is 0 Å². The summed E-state index contributed by atoms with van der Waals surface area (Å²) in [6.07, 6.45) is 1.82. The van der Waals surface area contributed by atoms with E-state index in [2.05, 4.69) is 5.32 Å². The molecule has 0 fully saturated rings. The number of amides is 1. The van der Waals surface area contributed by atoms with Gasteiger partial charge in [0, 0.05) is 17.1 Å². The number of fused-ring (bicyclic) bond motifs is 1. The summed E-state index contributed by atoms with van der Waals surface area (Å²) in [5.41, 5.74) is 6.75. The molecule has 2 rings (SSSR count). The van der Waals surface area contributed by atoms with E-state index in [4.69, 9.17) is 22.1 Å². The predicted molar refractivity (Wildman–Crippen MR) is 85.4 cm³/mol. The van der Waals surface area contributed by atoms with Crippen molar-refractivity contribution in [3.63, 3.8) is 0 Å². The number of rotatable bonds is 4. The van der Waals surface area contributed by atoms with Gasteiger partial charge >= 0.3 is 0 Å². The Morgan fingerprint density at radius 1 is 1.52 bits per heavy atom. The smallest absolute Gasteiger partial charge is 0.251 e. The first kappa shape index (κ1) is 15.9. The molecule has 4 nitrogen and oxygen atoms in total. The van der Waals surface area contributed by atoms with Gasteiger partial charge in [-0.2, -0.15) is 0 Å². The van der Waals surface area contributed by atoms with Crippen LogP contribution in [0.25, 0.3) is 6.08 Å². The van der Waals surface area contributed by atoms with Crippen molar-refractivity contribution >= 4 is 23.6 Å². The number of halogens is 1. The van der Waals surface area contributed by atoms with Crippen LogP contribution in [0.2, 0.25) is 5.02 Å². The van der Waals surface area contributed by atoms with E-state index in [1.54, 1.807) is 18.2 Å². The van der Waals surface area contributed by atoms with Crippen molar-refractivity contribution in [2.75, 3.05) is 13.2 Å². The van der Waals surface area contributed by atoms with Crippen molar-refractivity contribution in [3.05, 3.63) is 34.4 Å². The first-order valence-electron chi connectivity index (χ1n) is 7.01. The van der Waals surface area contributed by atoms with E-state index in [-0.39, 0.29) is 18.4 Å². The number of nitrogens with two attached hydrogens (primary N) is 1. The summed E-state index contributed by atoms with van der Waals surface area (Å²) in [4.78, 5) is 12.4. The number of carbonyl (C=O) groups is 1. The van der Waals surface area contributed by atoms with Gasteiger partial charge in [0.2, 0.25) is 0 Å². The molecule has 5 heteroatoms. The van der Waals surface area contributed by atoms with E-state index in [1.807, 2.05) is 26.8 Å². The third-order valence-corrected chi connectivity index (χ3v) is 4.31. The molecule has 1 aliphatic heterocycles. The van der Waals surface area contributed by atoms with Crippen LogP contribution in [-0.4, -0.2) is 24.6 Å². The molecule has 1 unspecified atom stereocenters. The second kappa shape index (κ2) is 6.08. The minimum absolute atomic E-state index is 0.151. The van der Waals surface area contributed by atoms with Gasteiger partial charge in [-0.25, -0.2) is 0 Å². The van der Waals surface area contributed by atoms with Crippen LogP contribution in [0.4, 0.5) is 0 Å². The zero-order valence-electron chi connectivity index (χ0n) is 12.6. The van der Waals surface area contributed by atoms with Gasteiger partial charge in [0.05, 0.1) is 11.1 Å². The first-order chi connectivity index (χ1) is 9.85. The van der Waals surface area contributed by atoms with E-state index in [0.29, 0.717) is 17.1 Å². The topological polar surface area (TPSA) is 64.3 Å². The highest BCUT2D eigenvalue weighted by molar-refractivity contribution is 6.30. The van der Waals surface area contributed by atoms with Gasteiger partial charge in [-0.1, -0.05) is 25.4 Å². The molecule has 0 bridgehead atoms. The molecule has 0 spiro atoms. The second-order valence-corrected chi connectivity index (χ2v) is 6.31. The third kappa shape index (κ3) is 3.39. The number of nitrogens with one attached hydrogen (secondary N) is 1. The lowest BCUT2D eigenvalue weighted by atomic mass is 9.88. The molecular formula is C16H21ClN2O2. The number of hydrogen-bond acceptors (Lipinski definition) is 3. The molecule has 3 N–H and O–H groups in total. The minimum atomic E-state index is -0.438. The highest BCUT2D eigenvalue weighted by Crippen LogP contribution is 2.29. The van der Waals surface area contributed by atoms with Gasteiger partial charge < -0.3 is 15.8 Å². The zero-order valence-corrected chi connectivity index (χ0v) is 13.3. The van der Waals surface area contributed by atoms with Crippen molar-refractivity contribution < 1.29 is 9.53 Å². The summed E-state index contributed by atoms with van der Waals surface area (Å²) < 4.78 is 5.60. The molecule has 1 aromatic rings. The Labute approximate surface area is 130 Å². The van der Waals surface area contributed by atoms with Crippen molar-refractivity contribution in [1.82, 2.24) is 5.32 Å². The SMILES string of the molecule is CC(C)C(C)(CN)NC(=O)C1=Cc2cc(Cl)ccc2OC1. The molecule has 1 atom stereocenters. The fourth-order valence-corrected chi connectivity index (χ4v) is 2.23. The molecule has 1 heterocycles. The Morgan fingerprint density at radius 3 is 2.86 bits per heavy atom. The molecule has 1 aromatic carbocycles. The molecular weight excluding hydrogens is 288 g/mol. The maximum atomic E-state index is 12.4. The van der Waals surface area contributed by atoms with Crippen LogP contribution in [0.5, 0.6) is 5.75 Å². The minimum Gasteiger partial charge on any atom is -0.488 e. The van der Waals surface area contributed by atoms with Crippen LogP contribution in [0.3, 0.4) is 0 Å². The molecule has 0 aliphatic carbocycles. The Bertz CT molecular complexity index is 584. The summed E-state index contributed by atoms with van der Waals surface area (Å²) in [5, 5.41) is 3.63. The lowest BCUT2D eigenvalue weighted by Gasteiger charge is -2.34. The predicted octanol–water partition coefficient (Wildman–Crippen LogP) is 2.61. The van der Waals surface area contributed by atoms with E-state index in [1.165, 1.54) is 0 Å². The number of ether oxygens (including phenoxy) is 1. The normalized spacial score (nSPS) is 16.6. The van der Waals surface area contributed by atoms with Gasteiger partial charge in [-0.3, -0.25) is 4.79 Å². The van der Waals surface area contributed by atoms with Gasteiger partial charge in [0.15, 0.2) is 0 Å². The molecule has 114 valence electrons. The molecule has 0 radical (unpaired) electrons. The molecule has 0 saturated heterocycles. The van der Waals surface area contributed by atoms with E-state index in [9.17, 15) is 4.79 Å². The maximum absolute atomic E-state index is 12.4. The lowest BCUT2D eigenvalue weighted by molar-refractivity contribution is -0.119. The van der Waals surface area contributed by atoms with Gasteiger partial charge in [-0.15, -0.1) is 0 Å². The third-order valence-electron chi connectivity index (χ3n) is 4.07. The summed E-state index contributed by atoms with van der Waals surface area (Å²) in [6.45, 7) is 6.65. The highest BCUT2D eigenvalue weighted by atomic mass is 35.5. The average molecular weight is 309 g/mol. The monoisotopic (exact) mass is 308 g/mol. The standard InChI is InChI=1S/C16H21ClN2O2/c1-10(2)16(3,9-18)19-15(20)12-6-11-7-13(17)4-5-14(11)21-8-12/h4-7,10H,8-9,18H2,1-3H3,(H,19,20). The fourth-order valence-electron chi connectivity index (χ4n) is 2.05. The molecule has 0 aromatic heterocycles. The van der Waals surface area contributed by atoms with E-state index < -0.39 is 5.54 Å². The van der Waals surface area contributed by atoms with E-state index in [0.717, 1.165) is 11.3 Å². The van der Waals surface area contributed by atoms with Crippen LogP contribution >= 0.6 is 11.6 Å². The van der Waals surface area contributed by atoms with Gasteiger partial charge in [-0.05, 0) is 37.1 Å². The van der Waals surface area contributed by atoms with Crippen LogP contribution in [-0.2, 0) is 4.79 Å². The summed E-state index contributed by atoms with van der Waals surface area (Å²) in [7, 11) is 0. The largest absolute Gasteiger partial charge is 0.488 e. The molecule has 0 saturated carbocycles. The fraction of sp³-hybridized carbons (Fsp3) is 0.438. The summed E-state index contributed by atoms with van der Waals surface area (Å²) in [5.74, 6) is 0.821. The quantitative estimate of drug-likeness (QED) is 0.898. The van der Waals surface area contributed by atoms with Crippen LogP contribution in [0, 0.1) is 5.92 Å². The van der Waals surface area contributed by atoms with Gasteiger partial charge in [0.25, 0.3) is 5.91 Å². The highest BCUT2D eigenvalue weighted by Gasteiger charge is 2.30. The number of carbonyl (C=O) groups excluding carboxylic acids is 1. The number of benzene rings is 1. The Balaban J connectivity index is 2.21. The summed E-state index contributed by atoms with van der Waals surface area (Å²) in [6, 6.07) is 5.36. The second-order valence-electron chi connectivity index (χ2n) is 5.87. The zero-order chi connectivity index (χ0) is 15.6. The van der Waals surface area contributed by atoms with Crippen LogP contribution < -0.4 is 15.8 Å². The Hall–Kier alpha value is -1.52. The van der Waals surface area contributed by atoms with Crippen molar-refractivity contribution in [3.8, 4) is 5.75 Å². The number of hydrogen-bond donors (Lipinski definition) is 2. The van der Waals surface area contributed by atoms with Crippen LogP contribution in [0.1, 0.15) is 26.3 Å². The lowest BCUT2D eigenvalue weighted by Crippen LogP contribution is -2.55. The maximum Gasteiger partial charge on any atom is 0.251 e. The molecule has 1 amide bonds. The Kier molecular flexibility index (Phi) is 4.59.